The highest BCUT2D eigenvalue weighted by molar-refractivity contribution is 6.33. The molecule has 1 aliphatic rings. The Morgan fingerprint density at radius 3 is 2.37 bits per heavy atom. The van der Waals surface area contributed by atoms with Crippen molar-refractivity contribution in [2.75, 3.05) is 22.6 Å². The molecule has 4 aromatic rings. The summed E-state index contributed by atoms with van der Waals surface area (Å²) in [6.45, 7) is 9.78. The summed E-state index contributed by atoms with van der Waals surface area (Å²) in [4.78, 5) is 53.3. The highest BCUT2D eigenvalue weighted by Gasteiger charge is 2.37. The zero-order valence-corrected chi connectivity index (χ0v) is 24.4. The minimum Gasteiger partial charge on any atom is -0.465 e. The molecule has 0 unspecified atom stereocenters. The molecule has 0 bridgehead atoms. The fourth-order valence-electron chi connectivity index (χ4n) is 5.08. The normalized spacial score (nSPS) is 13.8. The molecule has 3 aromatic carbocycles. The first-order valence-corrected chi connectivity index (χ1v) is 13.4. The summed E-state index contributed by atoms with van der Waals surface area (Å²) in [6.07, 6.45) is 0. The van der Waals surface area contributed by atoms with Crippen molar-refractivity contribution in [2.24, 2.45) is 5.41 Å². The molecule has 0 aliphatic carbocycles. The van der Waals surface area contributed by atoms with Crippen molar-refractivity contribution < 1.29 is 18.7 Å². The van der Waals surface area contributed by atoms with Crippen molar-refractivity contribution in [2.45, 2.75) is 47.2 Å². The van der Waals surface area contributed by atoms with E-state index in [2.05, 4.69) is 10.6 Å². The molecule has 10 heteroatoms. The first kappa shape index (κ1) is 28.2. The van der Waals surface area contributed by atoms with Crippen molar-refractivity contribution in [3.8, 4) is 0 Å². The van der Waals surface area contributed by atoms with Gasteiger partial charge in [0.1, 0.15) is 22.9 Å². The summed E-state index contributed by atoms with van der Waals surface area (Å²) in [5.41, 5.74) is 1.01. The van der Waals surface area contributed by atoms with E-state index in [1.807, 2.05) is 46.8 Å². The van der Waals surface area contributed by atoms with Crippen LogP contribution in [0.15, 0.2) is 56.5 Å². The molecular weight excluding hydrogens is 546 g/mol. The lowest BCUT2D eigenvalue weighted by Gasteiger charge is -2.31. The van der Waals surface area contributed by atoms with E-state index in [0.717, 1.165) is 11.3 Å². The van der Waals surface area contributed by atoms with Crippen molar-refractivity contribution in [1.29, 1.82) is 0 Å². The van der Waals surface area contributed by atoms with Crippen LogP contribution in [0, 0.1) is 19.3 Å². The van der Waals surface area contributed by atoms with E-state index in [-0.39, 0.29) is 34.5 Å². The molecule has 0 saturated carbocycles. The van der Waals surface area contributed by atoms with Gasteiger partial charge in [0.25, 0.3) is 16.8 Å². The van der Waals surface area contributed by atoms with E-state index >= 15 is 0 Å². The number of nitrogens with zero attached hydrogens (tertiary/aromatic N) is 1. The Labute approximate surface area is 241 Å². The molecule has 1 aliphatic heterocycles. The molecular formula is C31H30ClN3O6. The molecule has 212 valence electrons. The largest absolute Gasteiger partial charge is 0.465 e. The van der Waals surface area contributed by atoms with E-state index in [0.29, 0.717) is 27.7 Å². The van der Waals surface area contributed by atoms with Gasteiger partial charge in [0.2, 0.25) is 0 Å². The number of benzene rings is 2. The molecule has 0 saturated heterocycles. The number of methoxy groups -OCH3 is 1. The van der Waals surface area contributed by atoms with Crippen LogP contribution in [0.25, 0.3) is 0 Å². The number of ether oxygens (including phenoxy) is 1. The number of carbonyl (C=O) groups excluding carboxylic acids is 2. The number of nitrogens with one attached hydrogen (secondary N) is 2. The number of halogens is 1. The number of fused-ring (bicyclic) bond motifs is 1. The van der Waals surface area contributed by atoms with Crippen molar-refractivity contribution in [1.82, 2.24) is 0 Å². The average molecular weight is 576 g/mol. The van der Waals surface area contributed by atoms with Crippen LogP contribution in [-0.2, 0) is 11.3 Å². The molecule has 2 N–H and O–H groups in total. The van der Waals surface area contributed by atoms with Gasteiger partial charge < -0.3 is 24.7 Å². The Balaban J connectivity index is 1.52. The van der Waals surface area contributed by atoms with Crippen LogP contribution in [0.1, 0.15) is 70.2 Å². The maximum absolute atomic E-state index is 13.8. The maximum atomic E-state index is 13.8. The van der Waals surface area contributed by atoms with Crippen LogP contribution in [0.2, 0.25) is 5.02 Å². The first-order chi connectivity index (χ1) is 19.3. The third-order valence-electron chi connectivity index (χ3n) is 7.25. The lowest BCUT2D eigenvalue weighted by atomic mass is 9.85. The van der Waals surface area contributed by atoms with Gasteiger partial charge in [-0.2, -0.15) is 0 Å². The molecule has 0 spiro atoms. The van der Waals surface area contributed by atoms with Gasteiger partial charge in [0.05, 0.1) is 42.2 Å². The summed E-state index contributed by atoms with van der Waals surface area (Å²) in [5, 5.41) is 6.60. The monoisotopic (exact) mass is 575 g/mol. The standard InChI is InChI=1S/C31H30ClN3O6/c1-15-7-9-17(30(39)40-6)21(13-15)35-14-18-19(32)10-11-20(23(18)29(35)38)33-24-25(27(37)26(24)36)34-28(31(3,4)5)22-12-8-16(2)41-22/h7-13,28,33-34H,14H2,1-6H3/t28-/m0/s1. The van der Waals surface area contributed by atoms with E-state index < -0.39 is 28.8 Å². The molecule has 0 radical (unpaired) electrons. The van der Waals surface area contributed by atoms with Crippen LogP contribution < -0.4 is 26.4 Å². The molecule has 1 atom stereocenters. The van der Waals surface area contributed by atoms with E-state index in [1.165, 1.54) is 12.0 Å². The number of carbonyl (C=O) groups is 2. The summed E-state index contributed by atoms with van der Waals surface area (Å²) >= 11 is 6.52. The van der Waals surface area contributed by atoms with Gasteiger partial charge >= 0.3 is 5.97 Å². The molecule has 9 nitrogen and oxygen atoms in total. The fraction of sp³-hybridized carbons (Fsp3) is 0.290. The maximum Gasteiger partial charge on any atom is 0.339 e. The minimum absolute atomic E-state index is 0.0501. The zero-order valence-electron chi connectivity index (χ0n) is 23.6. The second-order valence-corrected chi connectivity index (χ2v) is 11.7. The smallest absolute Gasteiger partial charge is 0.339 e. The summed E-state index contributed by atoms with van der Waals surface area (Å²) < 4.78 is 10.8. The third-order valence-corrected chi connectivity index (χ3v) is 7.60. The van der Waals surface area contributed by atoms with Crippen LogP contribution in [0.5, 0.6) is 0 Å². The Morgan fingerprint density at radius 2 is 1.73 bits per heavy atom. The van der Waals surface area contributed by atoms with Gasteiger partial charge in [0.15, 0.2) is 0 Å². The quantitative estimate of drug-likeness (QED) is 0.202. The van der Waals surface area contributed by atoms with Crippen LogP contribution >= 0.6 is 11.6 Å². The Morgan fingerprint density at radius 1 is 1.02 bits per heavy atom. The molecule has 2 heterocycles. The Hall–Kier alpha value is -4.37. The topological polar surface area (TPSA) is 118 Å². The number of amides is 1. The van der Waals surface area contributed by atoms with E-state index in [1.54, 1.807) is 30.3 Å². The summed E-state index contributed by atoms with van der Waals surface area (Å²) in [5.74, 6) is 0.371. The molecule has 5 rings (SSSR count). The number of aryl methyl sites for hydroxylation is 2. The van der Waals surface area contributed by atoms with Gasteiger partial charge in [-0.1, -0.05) is 38.4 Å². The van der Waals surface area contributed by atoms with Gasteiger partial charge in [-0.05, 0) is 61.2 Å². The fourth-order valence-corrected chi connectivity index (χ4v) is 5.30. The van der Waals surface area contributed by atoms with Gasteiger partial charge in [0, 0.05) is 10.6 Å². The number of hydrogen-bond acceptors (Lipinski definition) is 8. The van der Waals surface area contributed by atoms with Crippen molar-refractivity contribution in [3.63, 3.8) is 0 Å². The summed E-state index contributed by atoms with van der Waals surface area (Å²) in [7, 11) is 1.28. The predicted octanol–water partition coefficient (Wildman–Crippen LogP) is 6.04. The number of anilines is 4. The highest BCUT2D eigenvalue weighted by atomic mass is 35.5. The van der Waals surface area contributed by atoms with Gasteiger partial charge in [-0.15, -0.1) is 0 Å². The SMILES string of the molecule is COC(=O)c1ccc(C)cc1N1Cc2c(Cl)ccc(Nc3c(N[C@@H](c4ccc(C)o4)C(C)(C)C)c(=O)c3=O)c2C1=O. The van der Waals surface area contributed by atoms with Gasteiger partial charge in [-0.3, -0.25) is 14.4 Å². The molecule has 1 aromatic heterocycles. The third kappa shape index (κ3) is 4.91. The second kappa shape index (κ2) is 10.2. The minimum atomic E-state index is -0.701. The van der Waals surface area contributed by atoms with Crippen LogP contribution in [-0.4, -0.2) is 19.0 Å². The van der Waals surface area contributed by atoms with Gasteiger partial charge in [-0.25, -0.2) is 4.79 Å². The number of furan rings is 1. The van der Waals surface area contributed by atoms with Crippen molar-refractivity contribution >= 4 is 46.2 Å². The molecule has 0 fully saturated rings. The van der Waals surface area contributed by atoms with E-state index in [9.17, 15) is 19.2 Å². The average Bonchev–Trinajstić information content (AvgIpc) is 3.51. The first-order valence-electron chi connectivity index (χ1n) is 13.1. The summed E-state index contributed by atoms with van der Waals surface area (Å²) in [6, 6.07) is 11.6. The molecule has 1 amide bonds. The molecule has 41 heavy (non-hydrogen) atoms. The van der Waals surface area contributed by atoms with E-state index in [4.69, 9.17) is 20.8 Å². The Kier molecular flexibility index (Phi) is 7.03. The lowest BCUT2D eigenvalue weighted by Crippen LogP contribution is -2.39. The number of hydrogen-bond donors (Lipinski definition) is 2. The number of esters is 1. The van der Waals surface area contributed by atoms with Crippen LogP contribution in [0.3, 0.4) is 0 Å². The van der Waals surface area contributed by atoms with Crippen molar-refractivity contribution in [3.05, 3.63) is 102 Å². The zero-order chi connectivity index (χ0) is 29.8. The predicted molar refractivity (Wildman–Crippen MR) is 158 cm³/mol. The number of rotatable bonds is 7. The Bertz CT molecular complexity index is 1770. The second-order valence-electron chi connectivity index (χ2n) is 11.3. The van der Waals surface area contributed by atoms with Crippen LogP contribution in [0.4, 0.5) is 22.7 Å². The highest BCUT2D eigenvalue weighted by Crippen LogP contribution is 2.41. The lowest BCUT2D eigenvalue weighted by molar-refractivity contribution is 0.0601.